The zero-order valence-corrected chi connectivity index (χ0v) is 12.5. The SMILES string of the molecule is CC(=O)C(CC(C)C)OS(=O)(=O)c1ccc(C)cc1. The number of ketones is 1. The van der Waals surface area contributed by atoms with Crippen molar-refractivity contribution in [1.82, 2.24) is 0 Å². The van der Waals surface area contributed by atoms with E-state index in [1.54, 1.807) is 12.1 Å². The third kappa shape index (κ3) is 4.76. The number of benzene rings is 1. The standard InChI is InChI=1S/C14H20O4S/c1-10(2)9-14(12(4)15)18-19(16,17)13-7-5-11(3)6-8-13/h5-8,10,14H,9H2,1-4H3. The molecule has 0 radical (unpaired) electrons. The van der Waals surface area contributed by atoms with Gasteiger partial charge in [0.2, 0.25) is 0 Å². The molecule has 1 aromatic rings. The van der Waals surface area contributed by atoms with Gasteiger partial charge in [0.25, 0.3) is 10.1 Å². The fraction of sp³-hybridized carbons (Fsp3) is 0.500. The van der Waals surface area contributed by atoms with Gasteiger partial charge in [-0.25, -0.2) is 0 Å². The van der Waals surface area contributed by atoms with E-state index in [0.717, 1.165) is 5.56 Å². The summed E-state index contributed by atoms with van der Waals surface area (Å²) in [6.45, 7) is 7.04. The van der Waals surface area contributed by atoms with Crippen LogP contribution in [0.5, 0.6) is 0 Å². The molecule has 0 heterocycles. The summed E-state index contributed by atoms with van der Waals surface area (Å²) in [5, 5.41) is 0. The number of carbonyl (C=O) groups excluding carboxylic acids is 1. The van der Waals surface area contributed by atoms with E-state index in [2.05, 4.69) is 0 Å². The van der Waals surface area contributed by atoms with Crippen molar-refractivity contribution >= 4 is 15.9 Å². The topological polar surface area (TPSA) is 60.4 Å². The molecular weight excluding hydrogens is 264 g/mol. The Hall–Kier alpha value is -1.20. The maximum absolute atomic E-state index is 12.1. The van der Waals surface area contributed by atoms with Crippen LogP contribution in [0.25, 0.3) is 0 Å². The summed E-state index contributed by atoms with van der Waals surface area (Å²) in [6.07, 6.45) is -0.522. The maximum Gasteiger partial charge on any atom is 0.297 e. The highest BCUT2D eigenvalue weighted by Crippen LogP contribution is 2.18. The summed E-state index contributed by atoms with van der Waals surface area (Å²) in [5.74, 6) is -0.0912. The number of hydrogen-bond acceptors (Lipinski definition) is 4. The van der Waals surface area contributed by atoms with Crippen LogP contribution in [0.15, 0.2) is 29.2 Å². The highest BCUT2D eigenvalue weighted by Gasteiger charge is 2.25. The minimum atomic E-state index is -3.89. The Bertz CT molecular complexity index is 529. The van der Waals surface area contributed by atoms with Crippen molar-refractivity contribution in [1.29, 1.82) is 0 Å². The highest BCUT2D eigenvalue weighted by atomic mass is 32.2. The molecule has 0 aliphatic rings. The fourth-order valence-electron chi connectivity index (χ4n) is 1.61. The van der Waals surface area contributed by atoms with Gasteiger partial charge in [0.1, 0.15) is 6.10 Å². The van der Waals surface area contributed by atoms with Crippen LogP contribution in [-0.4, -0.2) is 20.3 Å². The Labute approximate surface area is 114 Å². The molecule has 0 aliphatic carbocycles. The first-order valence-electron chi connectivity index (χ1n) is 6.23. The van der Waals surface area contributed by atoms with E-state index in [0.29, 0.717) is 6.42 Å². The average Bonchev–Trinajstić information content (AvgIpc) is 2.27. The monoisotopic (exact) mass is 284 g/mol. The maximum atomic E-state index is 12.1. The average molecular weight is 284 g/mol. The van der Waals surface area contributed by atoms with Crippen molar-refractivity contribution in [3.8, 4) is 0 Å². The van der Waals surface area contributed by atoms with E-state index in [-0.39, 0.29) is 16.6 Å². The first kappa shape index (κ1) is 15.9. The van der Waals surface area contributed by atoms with Crippen LogP contribution < -0.4 is 0 Å². The minimum absolute atomic E-state index is 0.0770. The fourth-order valence-corrected chi connectivity index (χ4v) is 2.71. The normalized spacial score (nSPS) is 13.5. The Balaban J connectivity index is 2.94. The van der Waals surface area contributed by atoms with Crippen molar-refractivity contribution in [2.75, 3.05) is 0 Å². The molecule has 19 heavy (non-hydrogen) atoms. The van der Waals surface area contributed by atoms with Crippen LogP contribution in [0.2, 0.25) is 0 Å². The third-order valence-electron chi connectivity index (χ3n) is 2.69. The molecule has 106 valence electrons. The van der Waals surface area contributed by atoms with Gasteiger partial charge in [0.15, 0.2) is 5.78 Å². The number of carbonyl (C=O) groups is 1. The van der Waals surface area contributed by atoms with Gasteiger partial charge in [-0.1, -0.05) is 31.5 Å². The van der Waals surface area contributed by atoms with E-state index in [9.17, 15) is 13.2 Å². The first-order valence-corrected chi connectivity index (χ1v) is 7.63. The molecule has 4 nitrogen and oxygen atoms in total. The van der Waals surface area contributed by atoms with Crippen LogP contribution >= 0.6 is 0 Å². The van der Waals surface area contributed by atoms with Crippen LogP contribution in [0.4, 0.5) is 0 Å². The summed E-state index contributed by atoms with van der Waals surface area (Å²) in [4.78, 5) is 11.5. The van der Waals surface area contributed by atoms with E-state index >= 15 is 0 Å². The van der Waals surface area contributed by atoms with Gasteiger partial charge in [-0.15, -0.1) is 0 Å². The molecule has 0 saturated carbocycles. The molecule has 0 bridgehead atoms. The van der Waals surface area contributed by atoms with Crippen molar-refractivity contribution in [2.24, 2.45) is 5.92 Å². The van der Waals surface area contributed by atoms with Crippen molar-refractivity contribution in [2.45, 2.75) is 45.1 Å². The summed E-state index contributed by atoms with van der Waals surface area (Å²) in [6, 6.07) is 6.36. The lowest BCUT2D eigenvalue weighted by Crippen LogP contribution is -2.27. The Morgan fingerprint density at radius 3 is 2.16 bits per heavy atom. The summed E-state index contributed by atoms with van der Waals surface area (Å²) in [5.41, 5.74) is 0.962. The molecule has 5 heteroatoms. The van der Waals surface area contributed by atoms with E-state index in [1.807, 2.05) is 20.8 Å². The van der Waals surface area contributed by atoms with Crippen molar-refractivity contribution in [3.63, 3.8) is 0 Å². The van der Waals surface area contributed by atoms with Crippen molar-refractivity contribution in [3.05, 3.63) is 29.8 Å². The van der Waals surface area contributed by atoms with E-state index in [4.69, 9.17) is 4.18 Å². The molecule has 0 fully saturated rings. The second kappa shape index (κ2) is 6.30. The van der Waals surface area contributed by atoms with Crippen LogP contribution in [-0.2, 0) is 19.1 Å². The summed E-state index contributed by atoms with van der Waals surface area (Å²) < 4.78 is 29.2. The molecule has 0 spiro atoms. The van der Waals surface area contributed by atoms with Crippen molar-refractivity contribution < 1.29 is 17.4 Å². The summed E-state index contributed by atoms with van der Waals surface area (Å²) >= 11 is 0. The van der Waals surface area contributed by atoms with Crippen LogP contribution in [0, 0.1) is 12.8 Å². The Morgan fingerprint density at radius 1 is 1.21 bits per heavy atom. The van der Waals surface area contributed by atoms with Crippen LogP contribution in [0.1, 0.15) is 32.8 Å². The zero-order chi connectivity index (χ0) is 14.6. The minimum Gasteiger partial charge on any atom is -0.297 e. The van der Waals surface area contributed by atoms with E-state index < -0.39 is 16.2 Å². The third-order valence-corrected chi connectivity index (χ3v) is 4.03. The van der Waals surface area contributed by atoms with E-state index in [1.165, 1.54) is 19.1 Å². The van der Waals surface area contributed by atoms with Gasteiger partial charge in [-0.2, -0.15) is 8.42 Å². The largest absolute Gasteiger partial charge is 0.297 e. The van der Waals surface area contributed by atoms with Gasteiger partial charge >= 0.3 is 0 Å². The molecule has 1 rings (SSSR count). The lowest BCUT2D eigenvalue weighted by Gasteiger charge is -2.16. The first-order chi connectivity index (χ1) is 8.72. The lowest BCUT2D eigenvalue weighted by molar-refractivity contribution is -0.124. The molecule has 1 unspecified atom stereocenters. The molecule has 0 saturated heterocycles. The van der Waals surface area contributed by atoms with Gasteiger partial charge < -0.3 is 0 Å². The highest BCUT2D eigenvalue weighted by molar-refractivity contribution is 7.86. The zero-order valence-electron chi connectivity index (χ0n) is 11.7. The molecule has 0 aliphatic heterocycles. The van der Waals surface area contributed by atoms with Crippen LogP contribution in [0.3, 0.4) is 0 Å². The molecule has 1 atom stereocenters. The van der Waals surface area contributed by atoms with Gasteiger partial charge in [-0.3, -0.25) is 8.98 Å². The Morgan fingerprint density at radius 2 is 1.74 bits per heavy atom. The number of Topliss-reactive ketones (excluding diaryl/α,β-unsaturated/α-hetero) is 1. The number of hydrogen-bond donors (Lipinski definition) is 0. The predicted molar refractivity (Wildman–Crippen MR) is 73.4 cm³/mol. The predicted octanol–water partition coefficient (Wildman–Crippen LogP) is 2.70. The Kier molecular flexibility index (Phi) is 5.26. The second-order valence-electron chi connectivity index (χ2n) is 5.09. The smallest absolute Gasteiger partial charge is 0.297 e. The number of aryl methyl sites for hydroxylation is 1. The molecular formula is C14H20O4S. The molecule has 0 aromatic heterocycles. The quantitative estimate of drug-likeness (QED) is 0.754. The number of rotatable bonds is 6. The molecule has 1 aromatic carbocycles. The summed E-state index contributed by atoms with van der Waals surface area (Å²) in [7, 11) is -3.89. The van der Waals surface area contributed by atoms with Gasteiger partial charge in [-0.05, 0) is 38.3 Å². The molecule has 0 N–H and O–H groups in total. The van der Waals surface area contributed by atoms with Gasteiger partial charge in [0.05, 0.1) is 4.90 Å². The second-order valence-corrected chi connectivity index (χ2v) is 6.66. The van der Waals surface area contributed by atoms with Gasteiger partial charge in [0, 0.05) is 0 Å². The molecule has 0 amide bonds. The lowest BCUT2D eigenvalue weighted by atomic mass is 10.0.